The second-order valence-electron chi connectivity index (χ2n) is 4.51. The number of nitrogens with one attached hydrogen (secondary N) is 1. The van der Waals surface area contributed by atoms with Crippen LogP contribution in [0.5, 0.6) is 0 Å². The molecule has 3 rings (SSSR count). The Bertz CT molecular complexity index is 854. The molecule has 6 nitrogen and oxygen atoms in total. The Balaban J connectivity index is 1.86. The molecule has 0 aliphatic rings. The number of nitrogens with zero attached hydrogens (tertiary/aromatic N) is 3. The minimum atomic E-state index is -0.427. The van der Waals surface area contributed by atoms with Gasteiger partial charge in [0.1, 0.15) is 5.56 Å². The summed E-state index contributed by atoms with van der Waals surface area (Å²) >= 11 is 1.37. The van der Waals surface area contributed by atoms with Gasteiger partial charge in [-0.1, -0.05) is 0 Å². The fourth-order valence-electron chi connectivity index (χ4n) is 1.96. The van der Waals surface area contributed by atoms with E-state index in [1.54, 1.807) is 24.5 Å². The average Bonchev–Trinajstić information content (AvgIpc) is 2.88. The van der Waals surface area contributed by atoms with Crippen LogP contribution in [0, 0.1) is 6.92 Å². The number of aromatic nitrogens is 3. The molecule has 1 amide bonds. The van der Waals surface area contributed by atoms with Gasteiger partial charge in [0.15, 0.2) is 4.96 Å². The first-order valence-corrected chi connectivity index (χ1v) is 7.18. The zero-order valence-electron chi connectivity index (χ0n) is 11.2. The second kappa shape index (κ2) is 5.45. The topological polar surface area (TPSA) is 76.4 Å². The van der Waals surface area contributed by atoms with Crippen molar-refractivity contribution in [2.45, 2.75) is 13.5 Å². The Kier molecular flexibility index (Phi) is 3.49. The van der Waals surface area contributed by atoms with Crippen LogP contribution < -0.4 is 10.9 Å². The molecular weight excluding hydrogens is 288 g/mol. The van der Waals surface area contributed by atoms with Crippen molar-refractivity contribution in [1.29, 1.82) is 0 Å². The SMILES string of the molecule is Cc1csc2ncc(C(=O)NCc3ccncc3)c(=O)n12. The van der Waals surface area contributed by atoms with Crippen molar-refractivity contribution in [2.24, 2.45) is 0 Å². The van der Waals surface area contributed by atoms with Gasteiger partial charge in [-0.25, -0.2) is 4.98 Å². The number of hydrogen-bond donors (Lipinski definition) is 1. The number of carbonyl (C=O) groups excluding carboxylic acids is 1. The van der Waals surface area contributed by atoms with Gasteiger partial charge in [0.05, 0.1) is 0 Å². The van der Waals surface area contributed by atoms with Crippen molar-refractivity contribution < 1.29 is 4.79 Å². The molecule has 0 unspecified atom stereocenters. The maximum Gasteiger partial charge on any atom is 0.271 e. The molecule has 0 atom stereocenters. The van der Waals surface area contributed by atoms with Crippen molar-refractivity contribution in [3.05, 3.63) is 63.3 Å². The van der Waals surface area contributed by atoms with E-state index in [-0.39, 0.29) is 11.1 Å². The first-order valence-electron chi connectivity index (χ1n) is 6.30. The third-order valence-electron chi connectivity index (χ3n) is 3.06. The summed E-state index contributed by atoms with van der Waals surface area (Å²) in [5.74, 6) is -0.427. The quantitative estimate of drug-likeness (QED) is 0.793. The van der Waals surface area contributed by atoms with Crippen molar-refractivity contribution in [2.75, 3.05) is 0 Å². The lowest BCUT2D eigenvalue weighted by molar-refractivity contribution is 0.0949. The molecule has 0 spiro atoms. The van der Waals surface area contributed by atoms with E-state index in [0.29, 0.717) is 11.5 Å². The highest BCUT2D eigenvalue weighted by Crippen LogP contribution is 2.11. The van der Waals surface area contributed by atoms with Gasteiger partial charge < -0.3 is 5.32 Å². The van der Waals surface area contributed by atoms with Crippen molar-refractivity contribution in [3.63, 3.8) is 0 Å². The molecule has 106 valence electrons. The van der Waals surface area contributed by atoms with Crippen LogP contribution in [0.15, 0.2) is 40.9 Å². The standard InChI is InChI=1S/C14H12N4O2S/c1-9-8-21-14-17-7-11(13(20)18(9)14)12(19)16-6-10-2-4-15-5-3-10/h2-5,7-8H,6H2,1H3,(H,16,19). The van der Waals surface area contributed by atoms with Gasteiger partial charge in [-0.2, -0.15) is 0 Å². The number of aryl methyl sites for hydroxylation is 1. The summed E-state index contributed by atoms with van der Waals surface area (Å²) in [6, 6.07) is 3.61. The Hall–Kier alpha value is -2.54. The van der Waals surface area contributed by atoms with Crippen molar-refractivity contribution >= 4 is 22.2 Å². The summed E-state index contributed by atoms with van der Waals surface area (Å²) < 4.78 is 1.45. The summed E-state index contributed by atoms with van der Waals surface area (Å²) in [6.45, 7) is 2.15. The van der Waals surface area contributed by atoms with Crippen LogP contribution in [-0.2, 0) is 6.54 Å². The zero-order valence-corrected chi connectivity index (χ0v) is 12.1. The normalized spacial score (nSPS) is 10.7. The first kappa shape index (κ1) is 13.4. The van der Waals surface area contributed by atoms with Crippen LogP contribution in [0.2, 0.25) is 0 Å². The van der Waals surface area contributed by atoms with Crippen molar-refractivity contribution in [3.8, 4) is 0 Å². The molecule has 0 bridgehead atoms. The molecule has 0 aromatic carbocycles. The molecule has 1 N–H and O–H groups in total. The van der Waals surface area contributed by atoms with Crippen LogP contribution >= 0.6 is 11.3 Å². The van der Waals surface area contributed by atoms with Crippen LogP contribution in [0.4, 0.5) is 0 Å². The predicted molar refractivity (Wildman–Crippen MR) is 79.5 cm³/mol. The molecule has 3 aromatic rings. The number of amides is 1. The van der Waals surface area contributed by atoms with Crippen LogP contribution in [0.3, 0.4) is 0 Å². The molecule has 0 fully saturated rings. The number of thiazole rings is 1. The molecule has 0 aliphatic carbocycles. The van der Waals surface area contributed by atoms with E-state index in [1.165, 1.54) is 21.9 Å². The molecule has 0 aliphatic heterocycles. The first-order chi connectivity index (χ1) is 10.2. The minimum Gasteiger partial charge on any atom is -0.348 e. The van der Waals surface area contributed by atoms with Gasteiger partial charge in [-0.15, -0.1) is 11.3 Å². The monoisotopic (exact) mass is 300 g/mol. The molecule has 3 heterocycles. The van der Waals surface area contributed by atoms with Gasteiger partial charge in [-0.05, 0) is 24.6 Å². The van der Waals surface area contributed by atoms with E-state index < -0.39 is 5.91 Å². The van der Waals surface area contributed by atoms with Crippen LogP contribution in [0.25, 0.3) is 4.96 Å². The van der Waals surface area contributed by atoms with Crippen molar-refractivity contribution in [1.82, 2.24) is 19.7 Å². The van der Waals surface area contributed by atoms with Crippen LogP contribution in [0.1, 0.15) is 21.6 Å². The van der Waals surface area contributed by atoms with E-state index in [9.17, 15) is 9.59 Å². The van der Waals surface area contributed by atoms with E-state index >= 15 is 0 Å². The smallest absolute Gasteiger partial charge is 0.271 e. The average molecular weight is 300 g/mol. The predicted octanol–water partition coefficient (Wildman–Crippen LogP) is 1.39. The third-order valence-corrected chi connectivity index (χ3v) is 4.02. The Morgan fingerprint density at radius 2 is 2.14 bits per heavy atom. The molecule has 3 aromatic heterocycles. The Morgan fingerprint density at radius 1 is 1.38 bits per heavy atom. The maximum atomic E-state index is 12.3. The lowest BCUT2D eigenvalue weighted by Gasteiger charge is -2.05. The molecule has 0 saturated carbocycles. The summed E-state index contributed by atoms with van der Waals surface area (Å²) in [5.41, 5.74) is 1.39. The Labute approximate surface area is 124 Å². The highest BCUT2D eigenvalue weighted by Gasteiger charge is 2.14. The van der Waals surface area contributed by atoms with Gasteiger partial charge in [-0.3, -0.25) is 19.0 Å². The molecule has 7 heteroatoms. The fourth-order valence-corrected chi connectivity index (χ4v) is 2.79. The fraction of sp³-hybridized carbons (Fsp3) is 0.143. The lowest BCUT2D eigenvalue weighted by Crippen LogP contribution is -2.31. The largest absolute Gasteiger partial charge is 0.348 e. The molecule has 0 saturated heterocycles. The highest BCUT2D eigenvalue weighted by atomic mass is 32.1. The highest BCUT2D eigenvalue weighted by molar-refractivity contribution is 7.15. The number of fused-ring (bicyclic) bond motifs is 1. The van der Waals surface area contributed by atoms with Gasteiger partial charge >= 0.3 is 0 Å². The van der Waals surface area contributed by atoms with Gasteiger partial charge in [0.25, 0.3) is 11.5 Å². The molecule has 0 radical (unpaired) electrons. The van der Waals surface area contributed by atoms with E-state index in [2.05, 4.69) is 15.3 Å². The Morgan fingerprint density at radius 3 is 2.90 bits per heavy atom. The van der Waals surface area contributed by atoms with E-state index in [0.717, 1.165) is 11.3 Å². The van der Waals surface area contributed by atoms with E-state index in [1.807, 2.05) is 12.3 Å². The number of hydrogen-bond acceptors (Lipinski definition) is 5. The minimum absolute atomic E-state index is 0.0445. The van der Waals surface area contributed by atoms with Gasteiger partial charge in [0.2, 0.25) is 0 Å². The molecular formula is C14H12N4O2S. The zero-order chi connectivity index (χ0) is 14.8. The number of rotatable bonds is 3. The van der Waals surface area contributed by atoms with Gasteiger partial charge in [0, 0.05) is 36.2 Å². The summed E-state index contributed by atoms with van der Waals surface area (Å²) in [5, 5.41) is 4.55. The lowest BCUT2D eigenvalue weighted by atomic mass is 10.2. The number of pyridine rings is 1. The summed E-state index contributed by atoms with van der Waals surface area (Å²) in [6.07, 6.45) is 4.63. The third kappa shape index (κ3) is 2.55. The number of carbonyl (C=O) groups is 1. The van der Waals surface area contributed by atoms with Crippen LogP contribution in [-0.4, -0.2) is 20.3 Å². The maximum absolute atomic E-state index is 12.3. The second-order valence-corrected chi connectivity index (χ2v) is 5.35. The molecule has 21 heavy (non-hydrogen) atoms. The van der Waals surface area contributed by atoms with E-state index in [4.69, 9.17) is 0 Å². The summed E-state index contributed by atoms with van der Waals surface area (Å²) in [7, 11) is 0. The summed E-state index contributed by atoms with van der Waals surface area (Å²) in [4.78, 5) is 33.1.